The molecule has 1 aliphatic rings. The van der Waals surface area contributed by atoms with Crippen molar-refractivity contribution >= 4 is 11.7 Å². The van der Waals surface area contributed by atoms with Gasteiger partial charge in [0.05, 0.1) is 5.56 Å². The maximum Gasteiger partial charge on any atom is 0.337 e. The maximum absolute atomic E-state index is 11.2. The lowest BCUT2D eigenvalue weighted by Crippen LogP contribution is -2.33. The van der Waals surface area contributed by atoms with Crippen LogP contribution < -0.4 is 5.32 Å². The van der Waals surface area contributed by atoms with Crippen LogP contribution in [0.25, 0.3) is 0 Å². The molecule has 19 heavy (non-hydrogen) atoms. The van der Waals surface area contributed by atoms with Gasteiger partial charge in [0, 0.05) is 18.3 Å². The highest BCUT2D eigenvalue weighted by Crippen LogP contribution is 2.19. The summed E-state index contributed by atoms with van der Waals surface area (Å²) in [6.07, 6.45) is 2.55. The van der Waals surface area contributed by atoms with Crippen LogP contribution in [0.3, 0.4) is 0 Å². The van der Waals surface area contributed by atoms with E-state index in [2.05, 4.69) is 17.1 Å². The van der Waals surface area contributed by atoms with Crippen LogP contribution in [0.5, 0.6) is 0 Å². The number of hydrogen-bond acceptors (Lipinski definition) is 3. The Bertz CT molecular complexity index is 453. The second-order valence-corrected chi connectivity index (χ2v) is 5.41. The Hall–Kier alpha value is -1.55. The minimum Gasteiger partial charge on any atom is -0.478 e. The molecule has 0 aromatic heterocycles. The number of rotatable bonds is 5. The number of anilines is 1. The summed E-state index contributed by atoms with van der Waals surface area (Å²) in [4.78, 5) is 13.6. The number of carbonyl (C=O) groups is 1. The van der Waals surface area contributed by atoms with Crippen LogP contribution in [-0.2, 0) is 0 Å². The number of hydrogen-bond donors (Lipinski definition) is 2. The van der Waals surface area contributed by atoms with E-state index in [1.807, 2.05) is 19.1 Å². The second-order valence-electron chi connectivity index (χ2n) is 5.41. The van der Waals surface area contributed by atoms with Crippen LogP contribution in [-0.4, -0.2) is 41.7 Å². The number of benzene rings is 1. The van der Waals surface area contributed by atoms with Gasteiger partial charge in [-0.3, -0.25) is 0 Å². The predicted octanol–water partition coefficient (Wildman–Crippen LogP) is 2.59. The molecule has 0 spiro atoms. The van der Waals surface area contributed by atoms with E-state index in [9.17, 15) is 9.90 Å². The van der Waals surface area contributed by atoms with Crippen molar-refractivity contribution in [3.8, 4) is 0 Å². The van der Waals surface area contributed by atoms with Crippen LogP contribution in [0.2, 0.25) is 0 Å². The first-order valence-electron chi connectivity index (χ1n) is 6.89. The van der Waals surface area contributed by atoms with E-state index in [0.29, 0.717) is 5.56 Å². The highest BCUT2D eigenvalue weighted by atomic mass is 16.4. The van der Waals surface area contributed by atoms with Crippen molar-refractivity contribution in [2.75, 3.05) is 25.0 Å². The van der Waals surface area contributed by atoms with Gasteiger partial charge in [-0.1, -0.05) is 6.07 Å². The van der Waals surface area contributed by atoms with E-state index in [1.54, 1.807) is 6.07 Å². The Kier molecular flexibility index (Phi) is 4.43. The molecule has 2 rings (SSSR count). The minimum absolute atomic E-state index is 0.248. The SMILES string of the molecule is Cc1ccc(C(=O)O)c(NC(C)CN2CCCC2)c1. The molecule has 1 aromatic rings. The van der Waals surface area contributed by atoms with E-state index >= 15 is 0 Å². The van der Waals surface area contributed by atoms with Gasteiger partial charge in [0.25, 0.3) is 0 Å². The predicted molar refractivity (Wildman–Crippen MR) is 76.9 cm³/mol. The largest absolute Gasteiger partial charge is 0.478 e. The van der Waals surface area contributed by atoms with Crippen molar-refractivity contribution < 1.29 is 9.90 Å². The van der Waals surface area contributed by atoms with Gasteiger partial charge in [-0.15, -0.1) is 0 Å². The van der Waals surface area contributed by atoms with E-state index < -0.39 is 5.97 Å². The first-order valence-corrected chi connectivity index (χ1v) is 6.89. The fourth-order valence-corrected chi connectivity index (χ4v) is 2.63. The Balaban J connectivity index is 2.04. The molecule has 2 N–H and O–H groups in total. The summed E-state index contributed by atoms with van der Waals surface area (Å²) in [6.45, 7) is 7.36. The molecule has 1 aromatic carbocycles. The van der Waals surface area contributed by atoms with E-state index in [0.717, 1.165) is 30.9 Å². The summed E-state index contributed by atoms with van der Waals surface area (Å²) < 4.78 is 0. The van der Waals surface area contributed by atoms with Crippen molar-refractivity contribution in [3.05, 3.63) is 29.3 Å². The number of carboxylic acid groups (broad SMARTS) is 1. The first-order chi connectivity index (χ1) is 9.06. The fraction of sp³-hybridized carbons (Fsp3) is 0.533. The van der Waals surface area contributed by atoms with Crippen LogP contribution in [0, 0.1) is 6.92 Å². The highest BCUT2D eigenvalue weighted by molar-refractivity contribution is 5.94. The first kappa shape index (κ1) is 13.9. The lowest BCUT2D eigenvalue weighted by Gasteiger charge is -2.23. The van der Waals surface area contributed by atoms with Crippen molar-refractivity contribution in [1.29, 1.82) is 0 Å². The number of likely N-dealkylation sites (tertiary alicyclic amines) is 1. The van der Waals surface area contributed by atoms with E-state index in [1.165, 1.54) is 12.8 Å². The van der Waals surface area contributed by atoms with Crippen molar-refractivity contribution in [3.63, 3.8) is 0 Å². The summed E-state index contributed by atoms with van der Waals surface area (Å²) in [6, 6.07) is 5.66. The molecular formula is C15H22N2O2. The van der Waals surface area contributed by atoms with Crippen LogP contribution in [0.15, 0.2) is 18.2 Å². The molecular weight excluding hydrogens is 240 g/mol. The second kappa shape index (κ2) is 6.06. The Morgan fingerprint density at radius 2 is 2.11 bits per heavy atom. The van der Waals surface area contributed by atoms with Crippen LogP contribution in [0.1, 0.15) is 35.7 Å². The Labute approximate surface area is 114 Å². The quantitative estimate of drug-likeness (QED) is 0.856. The Morgan fingerprint density at radius 1 is 1.42 bits per heavy atom. The van der Waals surface area contributed by atoms with Gasteiger partial charge < -0.3 is 15.3 Å². The minimum atomic E-state index is -0.879. The van der Waals surface area contributed by atoms with Gasteiger partial charge >= 0.3 is 5.97 Å². The third-order valence-corrected chi connectivity index (χ3v) is 3.54. The molecule has 0 radical (unpaired) electrons. The molecule has 0 bridgehead atoms. The Morgan fingerprint density at radius 3 is 2.74 bits per heavy atom. The number of nitrogens with one attached hydrogen (secondary N) is 1. The summed E-state index contributed by atoms with van der Waals surface area (Å²) in [5, 5.41) is 12.5. The van der Waals surface area contributed by atoms with E-state index in [-0.39, 0.29) is 6.04 Å². The normalized spacial score (nSPS) is 17.4. The van der Waals surface area contributed by atoms with Gasteiger partial charge in [0.15, 0.2) is 0 Å². The zero-order chi connectivity index (χ0) is 13.8. The standard InChI is InChI=1S/C15H22N2O2/c1-11-5-6-13(15(18)19)14(9-11)16-12(2)10-17-7-3-4-8-17/h5-6,9,12,16H,3-4,7-8,10H2,1-2H3,(H,18,19). The lowest BCUT2D eigenvalue weighted by molar-refractivity contribution is 0.0698. The van der Waals surface area contributed by atoms with Crippen LogP contribution in [0.4, 0.5) is 5.69 Å². The third kappa shape index (κ3) is 3.70. The zero-order valence-corrected chi connectivity index (χ0v) is 11.6. The molecule has 0 aliphatic carbocycles. The molecule has 1 heterocycles. The molecule has 1 saturated heterocycles. The zero-order valence-electron chi connectivity index (χ0n) is 11.6. The topological polar surface area (TPSA) is 52.6 Å². The molecule has 1 atom stereocenters. The van der Waals surface area contributed by atoms with Crippen molar-refractivity contribution in [2.24, 2.45) is 0 Å². The van der Waals surface area contributed by atoms with Crippen molar-refractivity contribution in [2.45, 2.75) is 32.7 Å². The lowest BCUT2D eigenvalue weighted by atomic mass is 10.1. The molecule has 0 amide bonds. The molecule has 1 unspecified atom stereocenters. The number of nitrogens with zero attached hydrogens (tertiary/aromatic N) is 1. The van der Waals surface area contributed by atoms with Crippen molar-refractivity contribution in [1.82, 2.24) is 4.90 Å². The molecule has 1 fully saturated rings. The molecule has 4 heteroatoms. The summed E-state index contributed by atoms with van der Waals surface area (Å²) in [7, 11) is 0. The average molecular weight is 262 g/mol. The fourth-order valence-electron chi connectivity index (χ4n) is 2.63. The number of aromatic carboxylic acids is 1. The van der Waals surface area contributed by atoms with E-state index in [4.69, 9.17) is 0 Å². The van der Waals surface area contributed by atoms with Crippen LogP contribution >= 0.6 is 0 Å². The molecule has 4 nitrogen and oxygen atoms in total. The summed E-state index contributed by atoms with van der Waals surface area (Å²) in [5.74, 6) is -0.879. The maximum atomic E-state index is 11.2. The third-order valence-electron chi connectivity index (χ3n) is 3.54. The molecule has 1 aliphatic heterocycles. The molecule has 0 saturated carbocycles. The smallest absolute Gasteiger partial charge is 0.337 e. The average Bonchev–Trinajstić information content (AvgIpc) is 2.81. The summed E-state index contributed by atoms with van der Waals surface area (Å²) >= 11 is 0. The number of aryl methyl sites for hydroxylation is 1. The van der Waals surface area contributed by atoms with Gasteiger partial charge in [0.1, 0.15) is 0 Å². The monoisotopic (exact) mass is 262 g/mol. The highest BCUT2D eigenvalue weighted by Gasteiger charge is 2.16. The van der Waals surface area contributed by atoms with Gasteiger partial charge in [0.2, 0.25) is 0 Å². The van der Waals surface area contributed by atoms with Gasteiger partial charge in [-0.25, -0.2) is 4.79 Å². The van der Waals surface area contributed by atoms with Gasteiger partial charge in [-0.05, 0) is 57.5 Å². The number of carboxylic acids is 1. The van der Waals surface area contributed by atoms with Gasteiger partial charge in [-0.2, -0.15) is 0 Å². The molecule has 104 valence electrons. The summed E-state index contributed by atoms with van der Waals surface area (Å²) in [5.41, 5.74) is 2.14.